The number of carbonyl (C=O) groups is 2. The molecular weight excluding hydrogens is 380 g/mol. The highest BCUT2D eigenvalue weighted by molar-refractivity contribution is 5.95. The number of carbonyl (C=O) groups excluding carboxylic acids is 1. The first-order valence-electron chi connectivity index (χ1n) is 10.3. The van der Waals surface area contributed by atoms with Gasteiger partial charge in [0, 0.05) is 30.8 Å². The summed E-state index contributed by atoms with van der Waals surface area (Å²) in [5.74, 6) is 0.108. The summed E-state index contributed by atoms with van der Waals surface area (Å²) in [6.07, 6.45) is 6.97. The van der Waals surface area contributed by atoms with Gasteiger partial charge in [0.15, 0.2) is 0 Å². The van der Waals surface area contributed by atoms with Gasteiger partial charge < -0.3 is 5.11 Å². The molecular formula is C23H26N4O3. The van der Waals surface area contributed by atoms with Crippen molar-refractivity contribution >= 4 is 11.8 Å². The van der Waals surface area contributed by atoms with Crippen LogP contribution in [0.3, 0.4) is 0 Å². The lowest BCUT2D eigenvalue weighted by Gasteiger charge is -2.08. The number of rotatable bonds is 10. The zero-order valence-corrected chi connectivity index (χ0v) is 17.3. The van der Waals surface area contributed by atoms with E-state index in [0.717, 1.165) is 42.6 Å². The SMILES string of the molecule is CCCCC(=O)c1nc(CCC)n(Cc2ccc(-c3cnccc3C(=O)O)cc2)n1. The number of aromatic nitrogens is 4. The smallest absolute Gasteiger partial charge is 0.336 e. The second-order valence-electron chi connectivity index (χ2n) is 7.21. The minimum absolute atomic E-state index is 0.0129. The molecule has 0 aliphatic heterocycles. The third kappa shape index (κ3) is 4.97. The van der Waals surface area contributed by atoms with E-state index in [-0.39, 0.29) is 11.3 Å². The molecule has 7 heteroatoms. The Morgan fingerprint density at radius 2 is 1.83 bits per heavy atom. The molecule has 7 nitrogen and oxygen atoms in total. The van der Waals surface area contributed by atoms with Crippen molar-refractivity contribution in [3.63, 3.8) is 0 Å². The van der Waals surface area contributed by atoms with Gasteiger partial charge in [0.05, 0.1) is 12.1 Å². The van der Waals surface area contributed by atoms with Crippen LogP contribution in [0.15, 0.2) is 42.7 Å². The summed E-state index contributed by atoms with van der Waals surface area (Å²) >= 11 is 0. The molecule has 0 spiro atoms. The number of Topliss-reactive ketones (excluding diaryl/α,β-unsaturated/α-hetero) is 1. The number of benzene rings is 1. The van der Waals surface area contributed by atoms with Crippen molar-refractivity contribution in [2.45, 2.75) is 52.5 Å². The Hall–Kier alpha value is -3.35. The molecule has 0 fully saturated rings. The van der Waals surface area contributed by atoms with Crippen LogP contribution in [-0.2, 0) is 13.0 Å². The molecule has 0 atom stereocenters. The van der Waals surface area contributed by atoms with Crippen LogP contribution in [0.4, 0.5) is 0 Å². The van der Waals surface area contributed by atoms with Crippen LogP contribution < -0.4 is 0 Å². The first-order valence-corrected chi connectivity index (χ1v) is 10.3. The molecule has 0 bridgehead atoms. The van der Waals surface area contributed by atoms with Gasteiger partial charge in [-0.2, -0.15) is 0 Å². The van der Waals surface area contributed by atoms with Crippen molar-refractivity contribution < 1.29 is 14.7 Å². The highest BCUT2D eigenvalue weighted by Crippen LogP contribution is 2.23. The van der Waals surface area contributed by atoms with Gasteiger partial charge in [0.2, 0.25) is 11.6 Å². The summed E-state index contributed by atoms with van der Waals surface area (Å²) < 4.78 is 1.80. The molecule has 1 N–H and O–H groups in total. The van der Waals surface area contributed by atoms with E-state index in [1.54, 1.807) is 10.9 Å². The quantitative estimate of drug-likeness (QED) is 0.501. The number of carboxylic acid groups (broad SMARTS) is 1. The monoisotopic (exact) mass is 406 g/mol. The first-order chi connectivity index (χ1) is 14.5. The van der Waals surface area contributed by atoms with Gasteiger partial charge >= 0.3 is 5.97 Å². The van der Waals surface area contributed by atoms with E-state index in [9.17, 15) is 14.7 Å². The van der Waals surface area contributed by atoms with Crippen LogP contribution in [0, 0.1) is 0 Å². The number of aryl methyl sites for hydroxylation is 1. The number of hydrogen-bond donors (Lipinski definition) is 1. The Kier molecular flexibility index (Phi) is 7.06. The number of aromatic carboxylic acids is 1. The molecule has 0 amide bonds. The fourth-order valence-electron chi connectivity index (χ4n) is 3.25. The Morgan fingerprint density at radius 1 is 1.07 bits per heavy atom. The molecule has 3 rings (SSSR count). The molecule has 0 saturated heterocycles. The number of unbranched alkanes of at least 4 members (excludes halogenated alkanes) is 1. The van der Waals surface area contributed by atoms with Gasteiger partial charge in [-0.05, 0) is 30.0 Å². The topological polar surface area (TPSA) is 98.0 Å². The minimum atomic E-state index is -0.983. The predicted octanol–water partition coefficient (Wildman–Crippen LogP) is 4.41. The average molecular weight is 406 g/mol. The molecule has 0 radical (unpaired) electrons. The molecule has 0 unspecified atom stereocenters. The van der Waals surface area contributed by atoms with Crippen molar-refractivity contribution in [3.8, 4) is 11.1 Å². The summed E-state index contributed by atoms with van der Waals surface area (Å²) in [7, 11) is 0. The molecule has 0 aliphatic rings. The second kappa shape index (κ2) is 9.91. The van der Waals surface area contributed by atoms with E-state index < -0.39 is 5.97 Å². The molecule has 2 heterocycles. The lowest BCUT2D eigenvalue weighted by atomic mass is 10.0. The van der Waals surface area contributed by atoms with Crippen LogP contribution >= 0.6 is 0 Å². The van der Waals surface area contributed by atoms with Gasteiger partial charge in [-0.25, -0.2) is 14.5 Å². The van der Waals surface area contributed by atoms with E-state index >= 15 is 0 Å². The summed E-state index contributed by atoms with van der Waals surface area (Å²) in [6, 6.07) is 9.12. The Bertz CT molecular complexity index is 1030. The third-order valence-electron chi connectivity index (χ3n) is 4.88. The van der Waals surface area contributed by atoms with Crippen molar-refractivity contribution in [3.05, 3.63) is 65.5 Å². The highest BCUT2D eigenvalue weighted by atomic mass is 16.4. The van der Waals surface area contributed by atoms with Crippen LogP contribution in [0.1, 0.15) is 71.9 Å². The van der Waals surface area contributed by atoms with E-state index in [1.807, 2.05) is 24.3 Å². The lowest BCUT2D eigenvalue weighted by molar-refractivity contribution is 0.0697. The minimum Gasteiger partial charge on any atom is -0.478 e. The summed E-state index contributed by atoms with van der Waals surface area (Å²) in [5, 5.41) is 13.8. The van der Waals surface area contributed by atoms with Crippen LogP contribution in [0.25, 0.3) is 11.1 Å². The lowest BCUT2D eigenvalue weighted by Crippen LogP contribution is -2.08. The molecule has 2 aromatic heterocycles. The van der Waals surface area contributed by atoms with Crippen LogP contribution in [0.2, 0.25) is 0 Å². The maximum absolute atomic E-state index is 12.3. The zero-order valence-electron chi connectivity index (χ0n) is 17.3. The van der Waals surface area contributed by atoms with Crippen molar-refractivity contribution in [2.75, 3.05) is 0 Å². The number of pyridine rings is 1. The predicted molar refractivity (Wildman–Crippen MR) is 114 cm³/mol. The summed E-state index contributed by atoms with van der Waals surface area (Å²) in [5.41, 5.74) is 2.57. The summed E-state index contributed by atoms with van der Waals surface area (Å²) in [4.78, 5) is 32.3. The fourth-order valence-corrected chi connectivity index (χ4v) is 3.25. The van der Waals surface area contributed by atoms with Gasteiger partial charge in [-0.15, -0.1) is 5.10 Å². The van der Waals surface area contributed by atoms with Crippen molar-refractivity contribution in [2.24, 2.45) is 0 Å². The van der Waals surface area contributed by atoms with Gasteiger partial charge in [-0.1, -0.05) is 44.5 Å². The Morgan fingerprint density at radius 3 is 2.50 bits per heavy atom. The first kappa shape index (κ1) is 21.4. The fraction of sp³-hybridized carbons (Fsp3) is 0.348. The summed E-state index contributed by atoms with van der Waals surface area (Å²) in [6.45, 7) is 4.62. The normalized spacial score (nSPS) is 10.9. The van der Waals surface area contributed by atoms with Crippen LogP contribution in [0.5, 0.6) is 0 Å². The van der Waals surface area contributed by atoms with Gasteiger partial charge in [-0.3, -0.25) is 9.78 Å². The van der Waals surface area contributed by atoms with Crippen molar-refractivity contribution in [1.29, 1.82) is 0 Å². The van der Waals surface area contributed by atoms with E-state index in [4.69, 9.17) is 0 Å². The van der Waals surface area contributed by atoms with E-state index in [0.29, 0.717) is 24.4 Å². The second-order valence-corrected chi connectivity index (χ2v) is 7.21. The average Bonchev–Trinajstić information content (AvgIpc) is 3.15. The van der Waals surface area contributed by atoms with Crippen molar-refractivity contribution in [1.82, 2.24) is 19.7 Å². The zero-order chi connectivity index (χ0) is 21.5. The molecule has 0 aliphatic carbocycles. The standard InChI is InChI=1S/C23H26N4O3/c1-3-5-7-20(28)22-25-21(6-4-2)27(26-22)15-16-8-10-17(11-9-16)19-14-24-13-12-18(19)23(29)30/h8-14H,3-7,15H2,1-2H3,(H,29,30). The molecule has 3 aromatic rings. The molecule has 156 valence electrons. The third-order valence-corrected chi connectivity index (χ3v) is 4.88. The number of hydrogen-bond acceptors (Lipinski definition) is 5. The van der Waals surface area contributed by atoms with E-state index in [1.165, 1.54) is 12.3 Å². The molecule has 30 heavy (non-hydrogen) atoms. The molecule has 0 saturated carbocycles. The largest absolute Gasteiger partial charge is 0.478 e. The maximum Gasteiger partial charge on any atom is 0.336 e. The number of carboxylic acids is 1. The Balaban J connectivity index is 1.82. The van der Waals surface area contributed by atoms with Crippen LogP contribution in [-0.4, -0.2) is 36.6 Å². The maximum atomic E-state index is 12.3. The number of ketones is 1. The number of nitrogens with zero attached hydrogens (tertiary/aromatic N) is 4. The van der Waals surface area contributed by atoms with Gasteiger partial charge in [0.1, 0.15) is 5.82 Å². The van der Waals surface area contributed by atoms with E-state index in [2.05, 4.69) is 28.9 Å². The highest BCUT2D eigenvalue weighted by Gasteiger charge is 2.16. The molecule has 1 aromatic carbocycles. The Labute approximate surface area is 175 Å². The van der Waals surface area contributed by atoms with Gasteiger partial charge in [0.25, 0.3) is 0 Å².